The lowest BCUT2D eigenvalue weighted by atomic mass is 9.82. The molecule has 3 aromatic carbocycles. The molecule has 5 heteroatoms. The summed E-state index contributed by atoms with van der Waals surface area (Å²) < 4.78 is 0. The molecule has 1 aliphatic rings. The van der Waals surface area contributed by atoms with Gasteiger partial charge < -0.3 is 5.32 Å². The maximum absolute atomic E-state index is 10.2. The van der Waals surface area contributed by atoms with Crippen LogP contribution in [0.3, 0.4) is 0 Å². The highest BCUT2D eigenvalue weighted by Crippen LogP contribution is 2.45. The Morgan fingerprint density at radius 2 is 1.25 bits per heavy atom. The zero-order valence-electron chi connectivity index (χ0n) is 16.8. The maximum Gasteiger partial charge on any atom is 0.154 e. The van der Waals surface area contributed by atoms with Crippen molar-refractivity contribution < 1.29 is 0 Å². The third kappa shape index (κ3) is 3.66. The summed E-state index contributed by atoms with van der Waals surface area (Å²) in [5.41, 5.74) is 4.57. The van der Waals surface area contributed by atoms with Crippen LogP contribution in [0.5, 0.6) is 0 Å². The fraction of sp³-hybridized carbons (Fsp3) is 0. The molecule has 1 aliphatic heterocycles. The van der Waals surface area contributed by atoms with Gasteiger partial charge in [0.15, 0.2) is 5.57 Å². The number of allylic oxidation sites excluding steroid dienone is 4. The second-order valence-electron chi connectivity index (χ2n) is 6.92. The standard InChI is InChI=1S/C27H15ClN4/c28-23-14-8-7-13-21(23)25-22(17-31)26(20(15-29)16-30)32-27(19-11-5-2-6-12-19)24(25)18-9-3-1-4-10-18/h1-14,32H. The molecule has 0 fully saturated rings. The van der Waals surface area contributed by atoms with Crippen LogP contribution in [-0.4, -0.2) is 0 Å². The fourth-order valence-electron chi connectivity index (χ4n) is 3.71. The van der Waals surface area contributed by atoms with Crippen LogP contribution in [-0.2, 0) is 0 Å². The highest BCUT2D eigenvalue weighted by atomic mass is 35.5. The number of hydrogen-bond donors (Lipinski definition) is 1. The van der Waals surface area contributed by atoms with Gasteiger partial charge in [-0.3, -0.25) is 0 Å². The highest BCUT2D eigenvalue weighted by Gasteiger charge is 2.31. The van der Waals surface area contributed by atoms with E-state index >= 15 is 0 Å². The van der Waals surface area contributed by atoms with E-state index < -0.39 is 0 Å². The molecule has 0 atom stereocenters. The molecule has 150 valence electrons. The second-order valence-corrected chi connectivity index (χ2v) is 7.33. The minimum atomic E-state index is -0.174. The van der Waals surface area contributed by atoms with Crippen molar-refractivity contribution in [2.45, 2.75) is 0 Å². The normalized spacial score (nSPS) is 13.0. The minimum Gasteiger partial charge on any atom is -0.352 e. The van der Waals surface area contributed by atoms with E-state index in [1.165, 1.54) is 0 Å². The second kappa shape index (κ2) is 9.07. The fourth-order valence-corrected chi connectivity index (χ4v) is 3.94. The van der Waals surface area contributed by atoms with E-state index in [1.54, 1.807) is 6.07 Å². The Kier molecular flexibility index (Phi) is 5.87. The molecular formula is C27H15ClN4. The van der Waals surface area contributed by atoms with Crippen LogP contribution in [0.4, 0.5) is 0 Å². The number of nitrogens with zero attached hydrogens (tertiary/aromatic N) is 3. The summed E-state index contributed by atoms with van der Waals surface area (Å²) in [4.78, 5) is 0. The van der Waals surface area contributed by atoms with Crippen LogP contribution in [0.1, 0.15) is 16.7 Å². The first-order valence-corrected chi connectivity index (χ1v) is 10.1. The van der Waals surface area contributed by atoms with Gasteiger partial charge in [-0.2, -0.15) is 15.8 Å². The van der Waals surface area contributed by atoms with E-state index in [-0.39, 0.29) is 16.8 Å². The maximum atomic E-state index is 10.2. The van der Waals surface area contributed by atoms with E-state index in [4.69, 9.17) is 11.6 Å². The van der Waals surface area contributed by atoms with Crippen LogP contribution in [0, 0.1) is 34.0 Å². The van der Waals surface area contributed by atoms with Gasteiger partial charge in [-0.1, -0.05) is 90.5 Å². The van der Waals surface area contributed by atoms with Crippen molar-refractivity contribution in [2.24, 2.45) is 0 Å². The first kappa shape index (κ1) is 20.7. The molecule has 4 rings (SSSR count). The van der Waals surface area contributed by atoms with Crippen LogP contribution in [0.25, 0.3) is 16.8 Å². The summed E-state index contributed by atoms with van der Waals surface area (Å²) >= 11 is 6.59. The van der Waals surface area contributed by atoms with E-state index in [0.29, 0.717) is 21.9 Å². The Bertz CT molecular complexity index is 1390. The molecule has 0 aromatic heterocycles. The van der Waals surface area contributed by atoms with Gasteiger partial charge in [0.2, 0.25) is 0 Å². The van der Waals surface area contributed by atoms with Crippen molar-refractivity contribution in [3.8, 4) is 18.2 Å². The Morgan fingerprint density at radius 3 is 1.81 bits per heavy atom. The van der Waals surface area contributed by atoms with Crippen molar-refractivity contribution in [1.82, 2.24) is 5.32 Å². The molecule has 0 spiro atoms. The molecular weight excluding hydrogens is 416 g/mol. The number of benzene rings is 3. The van der Waals surface area contributed by atoms with Crippen LogP contribution >= 0.6 is 11.6 Å². The first-order chi connectivity index (χ1) is 15.7. The molecule has 0 bridgehead atoms. The molecule has 0 radical (unpaired) electrons. The smallest absolute Gasteiger partial charge is 0.154 e. The van der Waals surface area contributed by atoms with Gasteiger partial charge in [-0.05, 0) is 17.2 Å². The molecule has 4 nitrogen and oxygen atoms in total. The lowest BCUT2D eigenvalue weighted by molar-refractivity contribution is 1.09. The van der Waals surface area contributed by atoms with Crippen molar-refractivity contribution in [3.63, 3.8) is 0 Å². The van der Waals surface area contributed by atoms with Gasteiger partial charge in [-0.25, -0.2) is 0 Å². The lowest BCUT2D eigenvalue weighted by Gasteiger charge is -2.28. The molecule has 32 heavy (non-hydrogen) atoms. The van der Waals surface area contributed by atoms with E-state index in [0.717, 1.165) is 16.7 Å². The van der Waals surface area contributed by atoms with Gasteiger partial charge in [0, 0.05) is 21.7 Å². The van der Waals surface area contributed by atoms with Gasteiger partial charge in [0.25, 0.3) is 0 Å². The van der Waals surface area contributed by atoms with Gasteiger partial charge in [-0.15, -0.1) is 0 Å². The largest absolute Gasteiger partial charge is 0.352 e. The number of nitrogens with one attached hydrogen (secondary N) is 1. The molecule has 0 aliphatic carbocycles. The SMILES string of the molecule is N#CC(C#N)=C1NC(c2ccccc2)=C(c2ccccc2)C(c2ccccc2Cl)=C1C#N. The topological polar surface area (TPSA) is 83.4 Å². The summed E-state index contributed by atoms with van der Waals surface area (Å²) in [6.07, 6.45) is 0. The zero-order chi connectivity index (χ0) is 22.5. The summed E-state index contributed by atoms with van der Waals surface area (Å²) in [5.74, 6) is 0. The zero-order valence-corrected chi connectivity index (χ0v) is 17.6. The van der Waals surface area contributed by atoms with E-state index in [9.17, 15) is 15.8 Å². The molecule has 1 N–H and O–H groups in total. The Balaban J connectivity index is 2.21. The summed E-state index contributed by atoms with van der Waals surface area (Å²) in [5, 5.41) is 33.1. The molecule has 0 saturated heterocycles. The Morgan fingerprint density at radius 1 is 0.688 bits per heavy atom. The number of dihydropyridines is 1. The summed E-state index contributed by atoms with van der Waals surface area (Å²) in [6.45, 7) is 0. The number of nitriles is 3. The summed E-state index contributed by atoms with van der Waals surface area (Å²) in [6, 6.07) is 32.5. The van der Waals surface area contributed by atoms with Gasteiger partial charge in [0.1, 0.15) is 18.2 Å². The van der Waals surface area contributed by atoms with Crippen molar-refractivity contribution in [3.05, 3.63) is 123 Å². The first-order valence-electron chi connectivity index (χ1n) is 9.76. The van der Waals surface area contributed by atoms with Crippen LogP contribution in [0.15, 0.2) is 102 Å². The van der Waals surface area contributed by atoms with E-state index in [1.807, 2.05) is 91.0 Å². The number of halogens is 1. The molecule has 0 saturated carbocycles. The molecule has 1 heterocycles. The van der Waals surface area contributed by atoms with E-state index in [2.05, 4.69) is 11.4 Å². The van der Waals surface area contributed by atoms with Gasteiger partial charge in [0.05, 0.1) is 17.0 Å². The monoisotopic (exact) mass is 430 g/mol. The van der Waals surface area contributed by atoms with Crippen molar-refractivity contribution in [1.29, 1.82) is 15.8 Å². The Hall–Kier alpha value is -4.56. The number of rotatable bonds is 3. The number of hydrogen-bond acceptors (Lipinski definition) is 4. The van der Waals surface area contributed by atoms with Crippen LogP contribution in [0.2, 0.25) is 5.02 Å². The molecule has 0 amide bonds. The predicted molar refractivity (Wildman–Crippen MR) is 125 cm³/mol. The predicted octanol–water partition coefficient (Wildman–Crippen LogP) is 6.09. The quantitative estimate of drug-likeness (QED) is 0.509. The Labute approximate surface area is 191 Å². The van der Waals surface area contributed by atoms with Crippen molar-refractivity contribution >= 4 is 28.4 Å². The minimum absolute atomic E-state index is 0.172. The highest BCUT2D eigenvalue weighted by molar-refractivity contribution is 6.34. The van der Waals surface area contributed by atoms with Crippen LogP contribution < -0.4 is 5.32 Å². The van der Waals surface area contributed by atoms with Gasteiger partial charge >= 0.3 is 0 Å². The average Bonchev–Trinajstić information content (AvgIpc) is 2.85. The molecule has 0 unspecified atom stereocenters. The lowest BCUT2D eigenvalue weighted by Crippen LogP contribution is -2.23. The average molecular weight is 431 g/mol. The third-order valence-corrected chi connectivity index (χ3v) is 5.43. The third-order valence-electron chi connectivity index (χ3n) is 5.10. The van der Waals surface area contributed by atoms with Crippen molar-refractivity contribution in [2.75, 3.05) is 0 Å². The summed E-state index contributed by atoms with van der Waals surface area (Å²) in [7, 11) is 0. The molecule has 3 aromatic rings.